The van der Waals surface area contributed by atoms with Gasteiger partial charge in [-0.05, 0) is 61.7 Å². The third-order valence-corrected chi connectivity index (χ3v) is 5.86. The molecule has 2 aromatic carbocycles. The van der Waals surface area contributed by atoms with E-state index in [0.717, 1.165) is 33.1 Å². The molecule has 0 spiro atoms. The SMILES string of the molecule is COc1cc(CNCCSc2nnnn2C)cc(Br)c1OCc1ccc(Cl)cc1.[Cl-]. The molecule has 1 N–H and O–H groups in total. The van der Waals surface area contributed by atoms with Crippen LogP contribution in [0.15, 0.2) is 46.0 Å². The van der Waals surface area contributed by atoms with Crippen molar-refractivity contribution in [3.8, 4) is 11.5 Å². The van der Waals surface area contributed by atoms with E-state index >= 15 is 0 Å². The smallest absolute Gasteiger partial charge is 0.209 e. The average molecular weight is 534 g/mol. The van der Waals surface area contributed by atoms with E-state index in [-0.39, 0.29) is 12.4 Å². The number of methoxy groups -OCH3 is 1. The van der Waals surface area contributed by atoms with Gasteiger partial charge in [-0.1, -0.05) is 35.5 Å². The highest BCUT2D eigenvalue weighted by Gasteiger charge is 2.12. The summed E-state index contributed by atoms with van der Waals surface area (Å²) < 4.78 is 14.0. The number of thioether (sulfide) groups is 1. The molecule has 162 valence electrons. The number of rotatable bonds is 10. The Morgan fingerprint density at radius 1 is 1.20 bits per heavy atom. The van der Waals surface area contributed by atoms with Crippen molar-refractivity contribution in [2.24, 2.45) is 7.05 Å². The highest BCUT2D eigenvalue weighted by atomic mass is 79.9. The van der Waals surface area contributed by atoms with Crippen LogP contribution in [0.3, 0.4) is 0 Å². The lowest BCUT2D eigenvalue weighted by Gasteiger charge is -2.15. The highest BCUT2D eigenvalue weighted by Crippen LogP contribution is 2.37. The average Bonchev–Trinajstić information content (AvgIpc) is 3.12. The molecule has 0 aliphatic rings. The van der Waals surface area contributed by atoms with Crippen molar-refractivity contribution >= 4 is 39.3 Å². The fraction of sp³-hybridized carbons (Fsp3) is 0.316. The molecule has 0 amide bonds. The molecule has 0 fully saturated rings. The number of tetrazole rings is 1. The summed E-state index contributed by atoms with van der Waals surface area (Å²) >= 11 is 11.1. The van der Waals surface area contributed by atoms with Crippen LogP contribution in [0.2, 0.25) is 5.02 Å². The Morgan fingerprint density at radius 2 is 1.97 bits per heavy atom. The first-order valence-corrected chi connectivity index (χ1v) is 11.0. The van der Waals surface area contributed by atoms with Crippen LogP contribution in [-0.2, 0) is 20.2 Å². The summed E-state index contributed by atoms with van der Waals surface area (Å²) in [5.74, 6) is 2.23. The molecule has 0 bridgehead atoms. The predicted molar refractivity (Wildman–Crippen MR) is 118 cm³/mol. The first kappa shape index (κ1) is 24.7. The van der Waals surface area contributed by atoms with Crippen LogP contribution in [-0.4, -0.2) is 39.6 Å². The number of benzene rings is 2. The summed E-state index contributed by atoms with van der Waals surface area (Å²) in [6.07, 6.45) is 0. The summed E-state index contributed by atoms with van der Waals surface area (Å²) in [6.45, 7) is 1.97. The van der Waals surface area contributed by atoms with Gasteiger partial charge in [-0.3, -0.25) is 0 Å². The number of halogens is 3. The maximum Gasteiger partial charge on any atom is 0.209 e. The first-order valence-electron chi connectivity index (χ1n) is 8.86. The molecule has 0 saturated carbocycles. The summed E-state index contributed by atoms with van der Waals surface area (Å²) in [5, 5.41) is 16.3. The molecule has 0 saturated heterocycles. The van der Waals surface area contributed by atoms with Crippen LogP contribution in [0.4, 0.5) is 0 Å². The summed E-state index contributed by atoms with van der Waals surface area (Å²) in [5.41, 5.74) is 2.13. The van der Waals surface area contributed by atoms with Gasteiger partial charge >= 0.3 is 0 Å². The Labute approximate surface area is 199 Å². The highest BCUT2D eigenvalue weighted by molar-refractivity contribution is 9.10. The van der Waals surface area contributed by atoms with Crippen LogP contribution in [0, 0.1) is 0 Å². The van der Waals surface area contributed by atoms with Crippen LogP contribution < -0.4 is 27.2 Å². The van der Waals surface area contributed by atoms with Gasteiger partial charge in [0.05, 0.1) is 11.6 Å². The minimum atomic E-state index is 0. The van der Waals surface area contributed by atoms with E-state index in [1.165, 1.54) is 0 Å². The summed E-state index contributed by atoms with van der Waals surface area (Å²) in [6, 6.07) is 11.6. The zero-order valence-electron chi connectivity index (χ0n) is 16.4. The first-order chi connectivity index (χ1) is 14.1. The van der Waals surface area contributed by atoms with Crippen LogP contribution in [0.25, 0.3) is 0 Å². The van der Waals surface area contributed by atoms with E-state index in [4.69, 9.17) is 21.1 Å². The number of aromatic nitrogens is 4. The second-order valence-corrected chi connectivity index (χ2v) is 8.49. The van der Waals surface area contributed by atoms with Crippen LogP contribution in [0.5, 0.6) is 11.5 Å². The number of ether oxygens (including phenoxy) is 2. The second-order valence-electron chi connectivity index (χ2n) is 6.13. The monoisotopic (exact) mass is 532 g/mol. The van der Waals surface area contributed by atoms with Crippen LogP contribution >= 0.6 is 39.3 Å². The predicted octanol–water partition coefficient (Wildman–Crippen LogP) is 1.10. The van der Waals surface area contributed by atoms with Gasteiger partial charge in [0, 0.05) is 30.9 Å². The molecule has 3 rings (SSSR count). The van der Waals surface area contributed by atoms with Gasteiger partial charge in [0.2, 0.25) is 5.16 Å². The fourth-order valence-electron chi connectivity index (χ4n) is 2.54. The molecule has 0 aliphatic carbocycles. The quantitative estimate of drug-likeness (QED) is 0.309. The molecule has 0 radical (unpaired) electrons. The summed E-state index contributed by atoms with van der Waals surface area (Å²) in [4.78, 5) is 0. The van der Waals surface area contributed by atoms with Gasteiger partial charge in [0.15, 0.2) is 11.5 Å². The van der Waals surface area contributed by atoms with Crippen molar-refractivity contribution in [2.75, 3.05) is 19.4 Å². The molecule has 0 aliphatic heterocycles. The normalized spacial score (nSPS) is 10.5. The molecule has 1 aromatic heterocycles. The third kappa shape index (κ3) is 7.02. The van der Waals surface area contributed by atoms with E-state index < -0.39 is 0 Å². The van der Waals surface area contributed by atoms with Crippen LogP contribution in [0.1, 0.15) is 11.1 Å². The van der Waals surface area contributed by atoms with Gasteiger partial charge in [-0.2, -0.15) is 0 Å². The fourth-order valence-corrected chi connectivity index (χ4v) is 4.02. The van der Waals surface area contributed by atoms with Gasteiger partial charge in [0.1, 0.15) is 6.61 Å². The van der Waals surface area contributed by atoms with Gasteiger partial charge in [0.25, 0.3) is 0 Å². The van der Waals surface area contributed by atoms with Crippen molar-refractivity contribution in [3.63, 3.8) is 0 Å². The number of nitrogens with one attached hydrogen (secondary N) is 1. The Kier molecular flexibility index (Phi) is 10.2. The third-order valence-electron chi connectivity index (χ3n) is 4.01. The largest absolute Gasteiger partial charge is 1.00 e. The van der Waals surface area contributed by atoms with E-state index in [9.17, 15) is 0 Å². The summed E-state index contributed by atoms with van der Waals surface area (Å²) in [7, 11) is 3.47. The van der Waals surface area contributed by atoms with Crippen molar-refractivity contribution in [1.29, 1.82) is 0 Å². The number of hydrogen-bond acceptors (Lipinski definition) is 7. The Morgan fingerprint density at radius 3 is 2.63 bits per heavy atom. The molecule has 3 aromatic rings. The minimum absolute atomic E-state index is 0. The zero-order valence-corrected chi connectivity index (χ0v) is 20.4. The maximum atomic E-state index is 5.98. The van der Waals surface area contributed by atoms with Crippen molar-refractivity contribution in [3.05, 3.63) is 57.0 Å². The van der Waals surface area contributed by atoms with Gasteiger partial charge < -0.3 is 27.2 Å². The molecule has 30 heavy (non-hydrogen) atoms. The van der Waals surface area contributed by atoms with E-state index in [0.29, 0.717) is 29.7 Å². The molecular formula is C19H21BrCl2N5O2S-. The standard InChI is InChI=1S/C19H21BrClN5O2S.ClH/c1-26-19(23-24-25-26)29-8-7-22-11-14-9-16(20)18(17(10-14)27-2)28-12-13-3-5-15(21)6-4-13;/h3-6,9-10,22H,7-8,11-12H2,1-2H3;1H/p-1. The van der Waals surface area contributed by atoms with Gasteiger partial charge in [-0.25, -0.2) is 4.68 Å². The number of nitrogens with zero attached hydrogens (tertiary/aromatic N) is 4. The topological polar surface area (TPSA) is 74.1 Å². The maximum absolute atomic E-state index is 5.98. The molecule has 0 unspecified atom stereocenters. The van der Waals surface area contributed by atoms with Gasteiger partial charge in [-0.15, -0.1) is 5.10 Å². The molecule has 7 nitrogen and oxygen atoms in total. The lowest BCUT2D eigenvalue weighted by atomic mass is 10.2. The van der Waals surface area contributed by atoms with E-state index in [2.05, 4.69) is 36.8 Å². The molecule has 11 heteroatoms. The van der Waals surface area contributed by atoms with E-state index in [1.54, 1.807) is 23.6 Å². The van der Waals surface area contributed by atoms with E-state index in [1.807, 2.05) is 43.4 Å². The number of aryl methyl sites for hydroxylation is 1. The Bertz CT molecular complexity index is 943. The molecule has 0 atom stereocenters. The number of hydrogen-bond donors (Lipinski definition) is 1. The Balaban J connectivity index is 0.00000320. The minimum Gasteiger partial charge on any atom is -1.00 e. The van der Waals surface area contributed by atoms with Crippen molar-refractivity contribution in [1.82, 2.24) is 25.5 Å². The van der Waals surface area contributed by atoms with Crippen molar-refractivity contribution in [2.45, 2.75) is 18.3 Å². The zero-order chi connectivity index (χ0) is 20.6. The lowest BCUT2D eigenvalue weighted by Crippen LogP contribution is -3.00. The second kappa shape index (κ2) is 12.4. The molecular weight excluding hydrogens is 513 g/mol. The molecule has 1 heterocycles. The lowest BCUT2D eigenvalue weighted by molar-refractivity contribution is -0.00000646. The van der Waals surface area contributed by atoms with Crippen molar-refractivity contribution < 1.29 is 21.9 Å². The Hall–Kier alpha value is -1.52.